The molecule has 2 aromatic carbocycles. The van der Waals surface area contributed by atoms with E-state index in [1.807, 2.05) is 6.07 Å². The number of benzene rings is 2. The monoisotopic (exact) mass is 483 g/mol. The molecule has 3 aromatic rings. The molecule has 0 N–H and O–H groups in total. The normalized spacial score (nSPS) is 15.4. The van der Waals surface area contributed by atoms with Gasteiger partial charge in [-0.2, -0.15) is 4.31 Å². The molecular formula is C20H19Cl2N3O3S2. The van der Waals surface area contributed by atoms with E-state index in [4.69, 9.17) is 27.6 Å². The zero-order chi connectivity index (χ0) is 21.1. The Labute approximate surface area is 189 Å². The molecule has 0 saturated carbocycles. The first kappa shape index (κ1) is 21.6. The fourth-order valence-electron chi connectivity index (χ4n) is 3.21. The third kappa shape index (κ3) is 4.84. The molecule has 0 bridgehead atoms. The van der Waals surface area contributed by atoms with Gasteiger partial charge in [-0.25, -0.2) is 8.42 Å². The lowest BCUT2D eigenvalue weighted by Crippen LogP contribution is -2.35. The molecule has 2 heterocycles. The van der Waals surface area contributed by atoms with Gasteiger partial charge < -0.3 is 4.42 Å². The van der Waals surface area contributed by atoms with Crippen LogP contribution in [-0.4, -0.2) is 36.0 Å². The van der Waals surface area contributed by atoms with Crippen molar-refractivity contribution < 1.29 is 12.8 Å². The number of nitrogens with zero attached hydrogens (tertiary/aromatic N) is 3. The molecule has 30 heavy (non-hydrogen) atoms. The highest BCUT2D eigenvalue weighted by Crippen LogP contribution is 2.30. The molecule has 1 aliphatic heterocycles. The van der Waals surface area contributed by atoms with E-state index in [0.717, 1.165) is 24.8 Å². The fraction of sp³-hybridized carbons (Fsp3) is 0.300. The molecule has 0 amide bonds. The molecule has 1 aromatic heterocycles. The molecule has 1 saturated heterocycles. The Kier molecular flexibility index (Phi) is 6.69. The van der Waals surface area contributed by atoms with Gasteiger partial charge >= 0.3 is 0 Å². The minimum Gasteiger partial charge on any atom is -0.411 e. The minimum atomic E-state index is -3.53. The predicted molar refractivity (Wildman–Crippen MR) is 118 cm³/mol. The van der Waals surface area contributed by atoms with Crippen LogP contribution in [0, 0.1) is 0 Å². The molecule has 4 rings (SSSR count). The first-order chi connectivity index (χ1) is 14.4. The van der Waals surface area contributed by atoms with Crippen molar-refractivity contribution in [3.63, 3.8) is 0 Å². The van der Waals surface area contributed by atoms with Crippen LogP contribution in [0.1, 0.15) is 24.8 Å². The highest BCUT2D eigenvalue weighted by molar-refractivity contribution is 7.98. The van der Waals surface area contributed by atoms with Crippen LogP contribution in [0.4, 0.5) is 0 Å². The number of sulfonamides is 1. The smallest absolute Gasteiger partial charge is 0.277 e. The topological polar surface area (TPSA) is 76.3 Å². The fourth-order valence-corrected chi connectivity index (χ4v) is 6.09. The van der Waals surface area contributed by atoms with E-state index in [9.17, 15) is 8.42 Å². The van der Waals surface area contributed by atoms with E-state index >= 15 is 0 Å². The summed E-state index contributed by atoms with van der Waals surface area (Å²) in [5, 5.41) is 9.65. The van der Waals surface area contributed by atoms with E-state index in [1.54, 1.807) is 40.7 Å². The van der Waals surface area contributed by atoms with Crippen molar-refractivity contribution in [2.75, 3.05) is 13.1 Å². The van der Waals surface area contributed by atoms with E-state index < -0.39 is 10.0 Å². The number of thioether (sulfide) groups is 1. The van der Waals surface area contributed by atoms with Crippen LogP contribution >= 0.6 is 35.0 Å². The van der Waals surface area contributed by atoms with Crippen molar-refractivity contribution in [3.05, 3.63) is 58.1 Å². The first-order valence-corrected chi connectivity index (χ1v) is 12.6. The van der Waals surface area contributed by atoms with Gasteiger partial charge in [0.15, 0.2) is 0 Å². The molecule has 0 aliphatic carbocycles. The summed E-state index contributed by atoms with van der Waals surface area (Å²) in [5.74, 6) is 0.816. The largest absolute Gasteiger partial charge is 0.411 e. The highest BCUT2D eigenvalue weighted by atomic mass is 35.5. The second-order valence-corrected chi connectivity index (χ2v) is 10.6. The van der Waals surface area contributed by atoms with Crippen LogP contribution in [0.2, 0.25) is 10.0 Å². The number of hydrogen-bond donors (Lipinski definition) is 0. The third-order valence-electron chi connectivity index (χ3n) is 4.81. The van der Waals surface area contributed by atoms with Crippen LogP contribution in [0.5, 0.6) is 0 Å². The Hall–Kier alpha value is -1.58. The minimum absolute atomic E-state index is 0.238. The van der Waals surface area contributed by atoms with Gasteiger partial charge in [0.05, 0.1) is 4.90 Å². The number of aromatic nitrogens is 2. The van der Waals surface area contributed by atoms with Crippen LogP contribution in [0.15, 0.2) is 57.0 Å². The molecule has 6 nitrogen and oxygen atoms in total. The summed E-state index contributed by atoms with van der Waals surface area (Å²) < 4.78 is 33.1. The number of hydrogen-bond acceptors (Lipinski definition) is 6. The molecular weight excluding hydrogens is 465 g/mol. The predicted octanol–water partition coefficient (Wildman–Crippen LogP) is 5.51. The van der Waals surface area contributed by atoms with Crippen LogP contribution in [0.25, 0.3) is 11.5 Å². The zero-order valence-corrected chi connectivity index (χ0v) is 19.1. The summed E-state index contributed by atoms with van der Waals surface area (Å²) in [6.45, 7) is 1.11. The van der Waals surface area contributed by atoms with E-state index in [0.29, 0.717) is 39.7 Å². The van der Waals surface area contributed by atoms with Gasteiger partial charge in [0, 0.05) is 34.5 Å². The van der Waals surface area contributed by atoms with Gasteiger partial charge in [0.25, 0.3) is 5.22 Å². The molecule has 0 atom stereocenters. The maximum absolute atomic E-state index is 12.9. The van der Waals surface area contributed by atoms with Gasteiger partial charge in [-0.15, -0.1) is 10.2 Å². The number of piperidine rings is 1. The second kappa shape index (κ2) is 9.28. The van der Waals surface area contributed by atoms with E-state index in [2.05, 4.69) is 10.2 Å². The van der Waals surface area contributed by atoms with Gasteiger partial charge in [0.2, 0.25) is 15.9 Å². The first-order valence-electron chi connectivity index (χ1n) is 9.44. The van der Waals surface area contributed by atoms with Crippen molar-refractivity contribution in [1.29, 1.82) is 0 Å². The SMILES string of the molecule is O=S(=O)(c1cccc(-c2nnc(SCc3ccc(Cl)cc3Cl)o2)c1)N1CCCCC1. The molecule has 0 radical (unpaired) electrons. The van der Waals surface area contributed by atoms with Crippen molar-refractivity contribution in [2.45, 2.75) is 35.1 Å². The van der Waals surface area contributed by atoms with E-state index in [1.165, 1.54) is 11.8 Å². The van der Waals surface area contributed by atoms with Gasteiger partial charge in [0.1, 0.15) is 0 Å². The lowest BCUT2D eigenvalue weighted by atomic mass is 10.2. The summed E-state index contributed by atoms with van der Waals surface area (Å²) in [6.07, 6.45) is 2.84. The summed E-state index contributed by atoms with van der Waals surface area (Å²) in [5.41, 5.74) is 1.47. The lowest BCUT2D eigenvalue weighted by Gasteiger charge is -2.25. The molecule has 1 fully saturated rings. The molecule has 0 unspecified atom stereocenters. The maximum Gasteiger partial charge on any atom is 0.277 e. The Balaban J connectivity index is 1.50. The van der Waals surface area contributed by atoms with Crippen LogP contribution in [0.3, 0.4) is 0 Å². The van der Waals surface area contributed by atoms with Crippen molar-refractivity contribution in [2.24, 2.45) is 0 Å². The van der Waals surface area contributed by atoms with Crippen molar-refractivity contribution in [1.82, 2.24) is 14.5 Å². The standard InChI is InChI=1S/C20H19Cl2N3O3S2/c21-16-8-7-15(18(22)12-16)13-29-20-24-23-19(28-20)14-5-4-6-17(11-14)30(26,27)25-9-2-1-3-10-25/h4-8,11-12H,1-3,9-10,13H2. The molecule has 10 heteroatoms. The summed E-state index contributed by atoms with van der Waals surface area (Å²) in [4.78, 5) is 0.238. The third-order valence-corrected chi connectivity index (χ3v) is 8.16. The Bertz CT molecular complexity index is 1150. The van der Waals surface area contributed by atoms with Gasteiger partial charge in [-0.3, -0.25) is 0 Å². The van der Waals surface area contributed by atoms with Gasteiger partial charge in [-0.1, -0.05) is 53.5 Å². The van der Waals surface area contributed by atoms with Gasteiger partial charge in [-0.05, 0) is 48.7 Å². The molecule has 1 aliphatic rings. The molecule has 0 spiro atoms. The molecule has 158 valence electrons. The average molecular weight is 484 g/mol. The van der Waals surface area contributed by atoms with Crippen LogP contribution in [-0.2, 0) is 15.8 Å². The quantitative estimate of drug-likeness (QED) is 0.430. The van der Waals surface area contributed by atoms with Crippen molar-refractivity contribution >= 4 is 45.0 Å². The Morgan fingerprint density at radius 3 is 2.60 bits per heavy atom. The average Bonchev–Trinajstić information content (AvgIpc) is 3.23. The second-order valence-electron chi connectivity index (χ2n) is 6.89. The lowest BCUT2D eigenvalue weighted by molar-refractivity contribution is 0.346. The summed E-state index contributed by atoms with van der Waals surface area (Å²) in [7, 11) is -3.53. The highest BCUT2D eigenvalue weighted by Gasteiger charge is 2.26. The summed E-state index contributed by atoms with van der Waals surface area (Å²) in [6, 6.07) is 11.9. The van der Waals surface area contributed by atoms with Crippen molar-refractivity contribution in [3.8, 4) is 11.5 Å². The summed E-state index contributed by atoms with van der Waals surface area (Å²) >= 11 is 13.5. The Morgan fingerprint density at radius 1 is 1.03 bits per heavy atom. The number of halogens is 2. The maximum atomic E-state index is 12.9. The zero-order valence-electron chi connectivity index (χ0n) is 15.9. The van der Waals surface area contributed by atoms with E-state index in [-0.39, 0.29) is 10.8 Å². The number of rotatable bonds is 6. The van der Waals surface area contributed by atoms with Crippen LogP contribution < -0.4 is 0 Å². The Morgan fingerprint density at radius 2 is 1.83 bits per heavy atom.